The van der Waals surface area contributed by atoms with Crippen molar-refractivity contribution in [2.75, 3.05) is 13.1 Å². The van der Waals surface area contributed by atoms with E-state index in [-0.39, 0.29) is 11.9 Å². The smallest absolute Gasteiger partial charge is 0.254 e. The summed E-state index contributed by atoms with van der Waals surface area (Å²) < 4.78 is 1.79. The van der Waals surface area contributed by atoms with E-state index in [2.05, 4.69) is 16.9 Å². The summed E-state index contributed by atoms with van der Waals surface area (Å²) in [6, 6.07) is 3.68. The van der Waals surface area contributed by atoms with Gasteiger partial charge in [-0.1, -0.05) is 6.92 Å². The molecule has 1 saturated heterocycles. The van der Waals surface area contributed by atoms with Crippen LogP contribution in [-0.4, -0.2) is 44.5 Å². The van der Waals surface area contributed by atoms with E-state index in [1.165, 1.54) is 0 Å². The van der Waals surface area contributed by atoms with Gasteiger partial charge in [-0.05, 0) is 30.9 Å². The molecule has 2 aromatic rings. The molecule has 1 aliphatic heterocycles. The first-order chi connectivity index (χ1) is 10.7. The SMILES string of the molecule is C[C@H]1CCCN(C(=O)c2ccnc(-n3ccnc3)c2)[C@@H]1CN. The van der Waals surface area contributed by atoms with Crippen LogP contribution in [0.15, 0.2) is 37.1 Å². The molecule has 0 saturated carbocycles. The van der Waals surface area contributed by atoms with Crippen molar-refractivity contribution >= 4 is 5.91 Å². The summed E-state index contributed by atoms with van der Waals surface area (Å²) in [6.07, 6.45) is 8.98. The first-order valence-electron chi connectivity index (χ1n) is 7.66. The van der Waals surface area contributed by atoms with Crippen LogP contribution in [0.1, 0.15) is 30.1 Å². The molecule has 1 amide bonds. The van der Waals surface area contributed by atoms with Crippen molar-refractivity contribution in [1.29, 1.82) is 0 Å². The van der Waals surface area contributed by atoms with Crippen LogP contribution in [0, 0.1) is 5.92 Å². The van der Waals surface area contributed by atoms with Crippen LogP contribution < -0.4 is 5.73 Å². The number of carbonyl (C=O) groups is 1. The molecule has 0 aromatic carbocycles. The lowest BCUT2D eigenvalue weighted by Gasteiger charge is -2.39. The molecule has 2 aromatic heterocycles. The van der Waals surface area contributed by atoms with Crippen LogP contribution in [-0.2, 0) is 0 Å². The average molecular weight is 299 g/mol. The molecule has 6 nitrogen and oxygen atoms in total. The number of nitrogens with two attached hydrogens (primary N) is 1. The molecular formula is C16H21N5O. The number of pyridine rings is 1. The Kier molecular flexibility index (Phi) is 4.20. The third-order valence-electron chi connectivity index (χ3n) is 4.38. The predicted molar refractivity (Wildman–Crippen MR) is 83.6 cm³/mol. The van der Waals surface area contributed by atoms with Gasteiger partial charge in [0.25, 0.3) is 5.91 Å². The van der Waals surface area contributed by atoms with Crippen LogP contribution in [0.5, 0.6) is 0 Å². The van der Waals surface area contributed by atoms with Gasteiger partial charge in [0, 0.05) is 43.3 Å². The predicted octanol–water partition coefficient (Wildman–Crippen LogP) is 1.47. The second kappa shape index (κ2) is 6.27. The van der Waals surface area contributed by atoms with E-state index in [1.54, 1.807) is 35.4 Å². The van der Waals surface area contributed by atoms with E-state index in [1.807, 2.05) is 11.1 Å². The van der Waals surface area contributed by atoms with Crippen LogP contribution in [0.25, 0.3) is 5.82 Å². The number of hydrogen-bond donors (Lipinski definition) is 1. The Labute approximate surface area is 130 Å². The van der Waals surface area contributed by atoms with Gasteiger partial charge in [0.15, 0.2) is 0 Å². The molecule has 116 valence electrons. The van der Waals surface area contributed by atoms with E-state index < -0.39 is 0 Å². The summed E-state index contributed by atoms with van der Waals surface area (Å²) in [4.78, 5) is 23.1. The highest BCUT2D eigenvalue weighted by Gasteiger charge is 2.31. The van der Waals surface area contributed by atoms with Crippen molar-refractivity contribution in [2.24, 2.45) is 11.7 Å². The van der Waals surface area contributed by atoms with Crippen molar-refractivity contribution < 1.29 is 4.79 Å². The van der Waals surface area contributed by atoms with E-state index in [9.17, 15) is 4.79 Å². The molecule has 2 N–H and O–H groups in total. The van der Waals surface area contributed by atoms with Crippen molar-refractivity contribution in [3.05, 3.63) is 42.6 Å². The van der Waals surface area contributed by atoms with E-state index in [0.29, 0.717) is 23.8 Å². The third-order valence-corrected chi connectivity index (χ3v) is 4.38. The number of aromatic nitrogens is 3. The van der Waals surface area contributed by atoms with Crippen LogP contribution >= 0.6 is 0 Å². The van der Waals surface area contributed by atoms with E-state index in [0.717, 1.165) is 19.4 Å². The summed E-state index contributed by atoms with van der Waals surface area (Å²) in [5, 5.41) is 0. The van der Waals surface area contributed by atoms with Crippen LogP contribution in [0.4, 0.5) is 0 Å². The number of rotatable bonds is 3. The number of carbonyl (C=O) groups excluding carboxylic acids is 1. The van der Waals surface area contributed by atoms with Crippen LogP contribution in [0.2, 0.25) is 0 Å². The van der Waals surface area contributed by atoms with Gasteiger partial charge in [-0.2, -0.15) is 0 Å². The number of likely N-dealkylation sites (tertiary alicyclic amines) is 1. The summed E-state index contributed by atoms with van der Waals surface area (Å²) in [7, 11) is 0. The van der Waals surface area contributed by atoms with Crippen LogP contribution in [0.3, 0.4) is 0 Å². The van der Waals surface area contributed by atoms with Gasteiger partial charge in [-0.25, -0.2) is 9.97 Å². The molecule has 3 heterocycles. The largest absolute Gasteiger partial charge is 0.334 e. The van der Waals surface area contributed by atoms with E-state index >= 15 is 0 Å². The Bertz CT molecular complexity index is 640. The van der Waals surface area contributed by atoms with Gasteiger partial charge in [0.05, 0.1) is 0 Å². The highest BCUT2D eigenvalue weighted by atomic mass is 16.2. The molecule has 0 aliphatic carbocycles. The summed E-state index contributed by atoms with van der Waals surface area (Å²) in [6.45, 7) is 3.45. The van der Waals surface area contributed by atoms with Gasteiger partial charge < -0.3 is 10.6 Å². The maximum atomic E-state index is 12.9. The van der Waals surface area contributed by atoms with Crippen molar-refractivity contribution in [3.63, 3.8) is 0 Å². The number of amides is 1. The lowest BCUT2D eigenvalue weighted by Crippen LogP contribution is -2.51. The second-order valence-electron chi connectivity index (χ2n) is 5.79. The Morgan fingerprint density at radius 1 is 1.45 bits per heavy atom. The minimum Gasteiger partial charge on any atom is -0.334 e. The maximum Gasteiger partial charge on any atom is 0.254 e. The van der Waals surface area contributed by atoms with Gasteiger partial charge >= 0.3 is 0 Å². The van der Waals surface area contributed by atoms with Gasteiger partial charge in [-0.3, -0.25) is 9.36 Å². The minimum absolute atomic E-state index is 0.0331. The maximum absolute atomic E-state index is 12.9. The fourth-order valence-electron chi connectivity index (χ4n) is 3.11. The number of piperidine rings is 1. The van der Waals surface area contributed by atoms with Crippen molar-refractivity contribution in [1.82, 2.24) is 19.4 Å². The lowest BCUT2D eigenvalue weighted by atomic mass is 9.90. The van der Waals surface area contributed by atoms with E-state index in [4.69, 9.17) is 5.73 Å². The zero-order valence-corrected chi connectivity index (χ0v) is 12.7. The molecule has 22 heavy (non-hydrogen) atoms. The molecular weight excluding hydrogens is 278 g/mol. The van der Waals surface area contributed by atoms with Crippen molar-refractivity contribution in [3.8, 4) is 5.82 Å². The molecule has 1 aliphatic rings. The standard InChI is InChI=1S/C16H21N5O/c1-12-3-2-7-21(14(12)10-17)16(22)13-4-5-19-15(9-13)20-8-6-18-11-20/h4-6,8-9,11-12,14H,2-3,7,10,17H2,1H3/t12-,14+/m0/s1. The average Bonchev–Trinajstić information content (AvgIpc) is 3.08. The topological polar surface area (TPSA) is 77.0 Å². The van der Waals surface area contributed by atoms with Gasteiger partial charge in [-0.15, -0.1) is 0 Å². The molecule has 0 bridgehead atoms. The fraction of sp³-hybridized carbons (Fsp3) is 0.438. The number of imidazole rings is 1. The molecule has 2 atom stereocenters. The van der Waals surface area contributed by atoms with Gasteiger partial charge in [0.1, 0.15) is 12.1 Å². The Balaban J connectivity index is 1.87. The van der Waals surface area contributed by atoms with Gasteiger partial charge in [0.2, 0.25) is 0 Å². The Morgan fingerprint density at radius 3 is 3.05 bits per heavy atom. The zero-order chi connectivity index (χ0) is 15.5. The Hall–Kier alpha value is -2.21. The minimum atomic E-state index is 0.0331. The highest BCUT2D eigenvalue weighted by molar-refractivity contribution is 5.94. The Morgan fingerprint density at radius 2 is 2.32 bits per heavy atom. The normalized spacial score (nSPS) is 21.8. The lowest BCUT2D eigenvalue weighted by molar-refractivity contribution is 0.0532. The molecule has 6 heteroatoms. The molecule has 1 fully saturated rings. The number of nitrogens with zero attached hydrogens (tertiary/aromatic N) is 4. The molecule has 0 spiro atoms. The molecule has 0 unspecified atom stereocenters. The first kappa shape index (κ1) is 14.7. The quantitative estimate of drug-likeness (QED) is 0.931. The van der Waals surface area contributed by atoms with Crippen molar-refractivity contribution in [2.45, 2.75) is 25.8 Å². The third kappa shape index (κ3) is 2.74. The summed E-state index contributed by atoms with van der Waals surface area (Å²) in [5.74, 6) is 1.17. The monoisotopic (exact) mass is 299 g/mol. The molecule has 3 rings (SSSR count). The number of hydrogen-bond acceptors (Lipinski definition) is 4. The highest BCUT2D eigenvalue weighted by Crippen LogP contribution is 2.24. The summed E-state index contributed by atoms with van der Waals surface area (Å²) in [5.41, 5.74) is 6.53. The molecule has 0 radical (unpaired) electrons. The zero-order valence-electron chi connectivity index (χ0n) is 12.7. The first-order valence-corrected chi connectivity index (χ1v) is 7.66. The summed E-state index contributed by atoms with van der Waals surface area (Å²) >= 11 is 0. The second-order valence-corrected chi connectivity index (χ2v) is 5.79. The fourth-order valence-corrected chi connectivity index (χ4v) is 3.11.